The van der Waals surface area contributed by atoms with Crippen molar-refractivity contribution in [3.05, 3.63) is 106 Å². The Labute approximate surface area is 291 Å². The molecule has 8 heteroatoms. The lowest BCUT2D eigenvalue weighted by Gasteiger charge is -2.35. The van der Waals surface area contributed by atoms with Gasteiger partial charge in [0.05, 0.1) is 35.0 Å². The fraction of sp³-hybridized carbons (Fsp3) is 0.439. The maximum atomic E-state index is 12.7. The molecule has 8 nitrogen and oxygen atoms in total. The zero-order valence-corrected chi connectivity index (χ0v) is 29.3. The second-order valence-corrected chi connectivity index (χ2v) is 13.1. The lowest BCUT2D eigenvalue weighted by atomic mass is 9.67. The Balaban J connectivity index is 1.69. The number of allylic oxidation sites excluding steroid dienone is 2. The molecule has 3 aromatic carbocycles. The van der Waals surface area contributed by atoms with Crippen LogP contribution in [0.15, 0.2) is 84.5 Å². The number of ether oxygens (including phenoxy) is 2. The first-order chi connectivity index (χ1) is 23.7. The van der Waals surface area contributed by atoms with Crippen LogP contribution in [-0.2, 0) is 10.2 Å². The zero-order valence-electron chi connectivity index (χ0n) is 29.3. The average Bonchev–Trinajstić information content (AvgIpc) is 3.10. The van der Waals surface area contributed by atoms with Crippen molar-refractivity contribution in [3.8, 4) is 22.6 Å². The Bertz CT molecular complexity index is 1610. The molecule has 0 aromatic heterocycles. The van der Waals surface area contributed by atoms with E-state index in [9.17, 15) is 20.0 Å². The molecule has 0 fully saturated rings. The molecule has 2 atom stereocenters. The Hall–Kier alpha value is -4.59. The van der Waals surface area contributed by atoms with Crippen LogP contribution in [0, 0.1) is 10.1 Å². The topological polar surface area (TPSA) is 125 Å². The van der Waals surface area contributed by atoms with Crippen LogP contribution in [0.4, 0.5) is 11.4 Å². The summed E-state index contributed by atoms with van der Waals surface area (Å²) in [5.74, 6) is 0.00930. The highest BCUT2D eigenvalue weighted by molar-refractivity contribution is 5.90. The highest BCUT2D eigenvalue weighted by Crippen LogP contribution is 2.49. The lowest BCUT2D eigenvalue weighted by molar-refractivity contribution is -0.385. The Kier molecular flexibility index (Phi) is 13.9. The first-order valence-corrected chi connectivity index (χ1v) is 17.9. The standard InChI is InChI=1S/C41H52N2O6/c1-4-6-8-10-11-15-27-48-33-21-19-31(20-22-33)34-17-13-14-18-35(34)41(25-23-32(24-26-41)40(44)45)36-28-37(42)39(29-38(36)43(46)47)49-30(3)16-12-9-7-5-2/h13-14,17-25,28-30H,4-12,15-16,26-27,42H2,1-3H3,(H,44,45)/t30-,41?/m1/s1. The van der Waals surface area contributed by atoms with Gasteiger partial charge in [0.25, 0.3) is 5.69 Å². The van der Waals surface area contributed by atoms with Crippen LogP contribution in [-0.4, -0.2) is 28.7 Å². The number of rotatable bonds is 20. The third-order valence-electron chi connectivity index (χ3n) is 9.38. The average molecular weight is 669 g/mol. The minimum absolute atomic E-state index is 0.132. The van der Waals surface area contributed by atoms with E-state index in [0.29, 0.717) is 17.9 Å². The van der Waals surface area contributed by atoms with Crippen LogP contribution in [0.3, 0.4) is 0 Å². The molecule has 0 bridgehead atoms. The van der Waals surface area contributed by atoms with Gasteiger partial charge in [-0.3, -0.25) is 10.1 Å². The van der Waals surface area contributed by atoms with Gasteiger partial charge in [-0.2, -0.15) is 0 Å². The number of nitrogen functional groups attached to an aromatic ring is 1. The van der Waals surface area contributed by atoms with E-state index in [1.807, 2.05) is 55.5 Å². The number of hydrogen-bond donors (Lipinski definition) is 2. The summed E-state index contributed by atoms with van der Waals surface area (Å²) in [4.78, 5) is 24.3. The number of nitrogens with zero attached hydrogens (tertiary/aromatic N) is 1. The van der Waals surface area contributed by atoms with Crippen molar-refractivity contribution in [3.63, 3.8) is 0 Å². The monoisotopic (exact) mass is 668 g/mol. The Morgan fingerprint density at radius 1 is 0.939 bits per heavy atom. The second-order valence-electron chi connectivity index (χ2n) is 13.1. The lowest BCUT2D eigenvalue weighted by Crippen LogP contribution is -2.29. The number of nitro groups is 1. The van der Waals surface area contributed by atoms with Crippen LogP contribution in [0.1, 0.15) is 109 Å². The first kappa shape index (κ1) is 37.2. The number of benzene rings is 3. The molecule has 0 radical (unpaired) electrons. The maximum Gasteiger partial charge on any atom is 0.335 e. The van der Waals surface area contributed by atoms with Crippen molar-refractivity contribution in [2.75, 3.05) is 12.3 Å². The van der Waals surface area contributed by atoms with Gasteiger partial charge in [0.15, 0.2) is 0 Å². The second kappa shape index (κ2) is 18.2. The van der Waals surface area contributed by atoms with E-state index in [1.54, 1.807) is 18.2 Å². The minimum Gasteiger partial charge on any atom is -0.494 e. The van der Waals surface area contributed by atoms with Crippen LogP contribution in [0.25, 0.3) is 11.1 Å². The maximum absolute atomic E-state index is 12.7. The summed E-state index contributed by atoms with van der Waals surface area (Å²) in [5.41, 5.74) is 8.76. The third-order valence-corrected chi connectivity index (χ3v) is 9.38. The van der Waals surface area contributed by atoms with Crippen LogP contribution in [0.2, 0.25) is 0 Å². The summed E-state index contributed by atoms with van der Waals surface area (Å²) in [6.07, 6.45) is 17.3. The molecule has 262 valence electrons. The predicted molar refractivity (Wildman–Crippen MR) is 197 cm³/mol. The molecule has 3 N–H and O–H groups in total. The number of anilines is 1. The number of unbranched alkanes of at least 4 members (excludes halogenated alkanes) is 8. The zero-order chi connectivity index (χ0) is 35.2. The highest BCUT2D eigenvalue weighted by Gasteiger charge is 2.41. The van der Waals surface area contributed by atoms with E-state index >= 15 is 0 Å². The Morgan fingerprint density at radius 3 is 2.27 bits per heavy atom. The van der Waals surface area contributed by atoms with Crippen LogP contribution >= 0.6 is 0 Å². The minimum atomic E-state index is -1.08. The van der Waals surface area contributed by atoms with E-state index in [-0.39, 0.29) is 29.5 Å². The molecule has 0 saturated carbocycles. The van der Waals surface area contributed by atoms with Crippen molar-refractivity contribution in [1.29, 1.82) is 0 Å². The fourth-order valence-electron chi connectivity index (χ4n) is 6.60. The third kappa shape index (κ3) is 9.74. The smallest absolute Gasteiger partial charge is 0.335 e. The molecule has 1 unspecified atom stereocenters. The van der Waals surface area contributed by atoms with Crippen molar-refractivity contribution < 1.29 is 24.3 Å². The summed E-state index contributed by atoms with van der Waals surface area (Å²) in [5, 5.41) is 22.5. The number of nitrogens with two attached hydrogens (primary N) is 1. The van der Waals surface area contributed by atoms with Gasteiger partial charge in [0.1, 0.15) is 11.5 Å². The van der Waals surface area contributed by atoms with Gasteiger partial charge in [0, 0.05) is 11.0 Å². The van der Waals surface area contributed by atoms with Crippen molar-refractivity contribution >= 4 is 17.3 Å². The summed E-state index contributed by atoms with van der Waals surface area (Å²) in [6, 6.07) is 18.7. The van der Waals surface area contributed by atoms with Gasteiger partial charge in [-0.05, 0) is 67.5 Å². The van der Waals surface area contributed by atoms with Crippen LogP contribution < -0.4 is 15.2 Å². The van der Waals surface area contributed by atoms with E-state index in [2.05, 4.69) is 13.8 Å². The molecule has 1 aliphatic carbocycles. The van der Waals surface area contributed by atoms with Gasteiger partial charge < -0.3 is 20.3 Å². The summed E-state index contributed by atoms with van der Waals surface area (Å²) in [7, 11) is 0. The van der Waals surface area contributed by atoms with Gasteiger partial charge in [0.2, 0.25) is 0 Å². The molecule has 0 amide bonds. The van der Waals surface area contributed by atoms with Gasteiger partial charge in [-0.1, -0.05) is 120 Å². The molecule has 0 saturated heterocycles. The molecule has 1 aliphatic rings. The number of hydrogen-bond acceptors (Lipinski definition) is 6. The van der Waals surface area contributed by atoms with E-state index in [0.717, 1.165) is 67.4 Å². The fourth-order valence-corrected chi connectivity index (χ4v) is 6.60. The van der Waals surface area contributed by atoms with Gasteiger partial charge in [-0.25, -0.2) is 4.79 Å². The molecule has 0 heterocycles. The predicted octanol–water partition coefficient (Wildman–Crippen LogP) is 10.6. The summed E-state index contributed by atoms with van der Waals surface area (Å²) in [6.45, 7) is 7.00. The normalized spacial score (nSPS) is 16.2. The SMILES string of the molecule is CCCCCCCCOc1ccc(-c2ccccc2C2(c3cc(N)c(O[C@H](C)CCCCCC)cc3[N+](=O)[O-])C=CC(C(=O)O)=CC2)cc1. The van der Waals surface area contributed by atoms with E-state index in [1.165, 1.54) is 37.8 Å². The highest BCUT2D eigenvalue weighted by atomic mass is 16.6. The molecule has 0 aliphatic heterocycles. The summed E-state index contributed by atoms with van der Waals surface area (Å²) >= 11 is 0. The van der Waals surface area contributed by atoms with E-state index < -0.39 is 16.3 Å². The summed E-state index contributed by atoms with van der Waals surface area (Å²) < 4.78 is 12.2. The van der Waals surface area contributed by atoms with Gasteiger partial charge in [-0.15, -0.1) is 0 Å². The first-order valence-electron chi connectivity index (χ1n) is 17.9. The quantitative estimate of drug-likeness (QED) is 0.0531. The largest absolute Gasteiger partial charge is 0.494 e. The number of carboxylic acids is 1. The Morgan fingerprint density at radius 2 is 1.61 bits per heavy atom. The number of carbonyl (C=O) groups is 1. The van der Waals surface area contributed by atoms with Gasteiger partial charge >= 0.3 is 5.97 Å². The number of nitro benzene ring substituents is 1. The molecule has 4 rings (SSSR count). The van der Waals surface area contributed by atoms with Crippen molar-refractivity contribution in [2.45, 2.75) is 109 Å². The molecule has 3 aromatic rings. The van der Waals surface area contributed by atoms with Crippen molar-refractivity contribution in [1.82, 2.24) is 0 Å². The van der Waals surface area contributed by atoms with Crippen LogP contribution in [0.5, 0.6) is 11.5 Å². The molecule has 0 spiro atoms. The van der Waals surface area contributed by atoms with Crippen molar-refractivity contribution in [2.24, 2.45) is 0 Å². The molecule has 49 heavy (non-hydrogen) atoms. The number of aliphatic carboxylic acids is 1. The molecular formula is C41H52N2O6. The number of carboxylic acid groups (broad SMARTS) is 1. The van der Waals surface area contributed by atoms with E-state index in [4.69, 9.17) is 15.2 Å². The molecular weight excluding hydrogens is 616 g/mol.